The molecular weight excluding hydrogens is 298 g/mol. The predicted octanol–water partition coefficient (Wildman–Crippen LogP) is 1.42. The molecule has 1 unspecified atom stereocenters. The normalized spacial score (nSPS) is 19.7. The number of alkyl halides is 1. The van der Waals surface area contributed by atoms with Gasteiger partial charge in [-0.1, -0.05) is 15.9 Å². The molecule has 6 heteroatoms. The number of fused-ring (bicyclic) bond motifs is 1. The van der Waals surface area contributed by atoms with E-state index >= 15 is 0 Å². The summed E-state index contributed by atoms with van der Waals surface area (Å²) in [4.78, 5) is 31.8. The molecule has 1 fully saturated rings. The number of carbonyl (C=O) groups excluding carboxylic acids is 1. The van der Waals surface area contributed by atoms with Gasteiger partial charge in [0.05, 0.1) is 0 Å². The summed E-state index contributed by atoms with van der Waals surface area (Å²) < 4.78 is 0. The second-order valence-electron chi connectivity index (χ2n) is 4.24. The lowest BCUT2D eigenvalue weighted by molar-refractivity contribution is -0.117. The van der Waals surface area contributed by atoms with Crippen molar-refractivity contribution >= 4 is 38.7 Å². The number of rotatable bonds is 1. The molecule has 2 aromatic rings. The third kappa shape index (κ3) is 1.92. The van der Waals surface area contributed by atoms with Crippen LogP contribution >= 0.6 is 15.9 Å². The summed E-state index contributed by atoms with van der Waals surface area (Å²) in [5.74, 6) is 0.623. The molecule has 0 aromatic carbocycles. The van der Waals surface area contributed by atoms with Gasteiger partial charge in [-0.2, -0.15) is 0 Å². The average molecular weight is 308 g/mol. The first-order chi connectivity index (χ1) is 8.63. The summed E-state index contributed by atoms with van der Waals surface area (Å²) in [7, 11) is 0. The van der Waals surface area contributed by atoms with Crippen LogP contribution in [0.15, 0.2) is 29.1 Å². The molecule has 0 bridgehead atoms. The molecule has 0 spiro atoms. The van der Waals surface area contributed by atoms with Crippen LogP contribution in [-0.4, -0.2) is 27.2 Å². The smallest absolute Gasteiger partial charge is 0.249 e. The zero-order chi connectivity index (χ0) is 12.7. The van der Waals surface area contributed by atoms with Crippen LogP contribution in [0.3, 0.4) is 0 Å². The number of amides is 1. The van der Waals surface area contributed by atoms with Crippen LogP contribution in [0.25, 0.3) is 11.0 Å². The van der Waals surface area contributed by atoms with Crippen molar-refractivity contribution in [3.63, 3.8) is 0 Å². The number of H-pyrrole nitrogens is 1. The van der Waals surface area contributed by atoms with Gasteiger partial charge in [-0.15, -0.1) is 0 Å². The topological polar surface area (TPSA) is 66.1 Å². The monoisotopic (exact) mass is 307 g/mol. The van der Waals surface area contributed by atoms with Crippen molar-refractivity contribution in [2.75, 3.05) is 11.4 Å². The van der Waals surface area contributed by atoms with E-state index in [1.807, 2.05) is 6.07 Å². The summed E-state index contributed by atoms with van der Waals surface area (Å²) in [5, 5.41) is 0.848. The quantitative estimate of drug-likeness (QED) is 0.810. The van der Waals surface area contributed by atoms with Gasteiger partial charge in [-0.25, -0.2) is 4.98 Å². The first-order valence-electron chi connectivity index (χ1n) is 5.58. The maximum absolute atomic E-state index is 11.8. The summed E-state index contributed by atoms with van der Waals surface area (Å²) >= 11 is 3.43. The molecule has 0 saturated carbocycles. The van der Waals surface area contributed by atoms with Crippen LogP contribution in [0, 0.1) is 0 Å². The number of aromatic amines is 1. The highest BCUT2D eigenvalue weighted by Crippen LogP contribution is 2.24. The van der Waals surface area contributed by atoms with Gasteiger partial charge < -0.3 is 4.98 Å². The molecule has 1 atom stereocenters. The minimum Gasteiger partial charge on any atom is -0.307 e. The molecule has 1 N–H and O–H groups in total. The van der Waals surface area contributed by atoms with Gasteiger partial charge in [0, 0.05) is 29.2 Å². The second kappa shape index (κ2) is 4.20. The van der Waals surface area contributed by atoms with Gasteiger partial charge in [0.2, 0.25) is 11.5 Å². The first kappa shape index (κ1) is 11.4. The number of aromatic nitrogens is 2. The van der Waals surface area contributed by atoms with Gasteiger partial charge >= 0.3 is 0 Å². The molecule has 1 aliphatic heterocycles. The Balaban J connectivity index is 2.08. The lowest BCUT2D eigenvalue weighted by Gasteiger charge is -2.14. The zero-order valence-electron chi connectivity index (χ0n) is 9.39. The van der Waals surface area contributed by atoms with Gasteiger partial charge in [-0.3, -0.25) is 14.5 Å². The minimum atomic E-state index is -0.196. The molecule has 5 nitrogen and oxygen atoms in total. The van der Waals surface area contributed by atoms with E-state index in [1.165, 1.54) is 6.07 Å². The van der Waals surface area contributed by atoms with Crippen molar-refractivity contribution in [1.82, 2.24) is 9.97 Å². The number of hydrogen-bond donors (Lipinski definition) is 1. The van der Waals surface area contributed by atoms with Crippen LogP contribution in [0.4, 0.5) is 5.82 Å². The SMILES string of the molecule is O=C1CC(Br)CN1c1ccc2ccc(=O)[nH]c2n1. The number of halogens is 1. The fourth-order valence-corrected chi connectivity index (χ4v) is 2.62. The maximum atomic E-state index is 11.8. The molecule has 18 heavy (non-hydrogen) atoms. The van der Waals surface area contributed by atoms with Crippen LogP contribution in [0.1, 0.15) is 6.42 Å². The fraction of sp³-hybridized carbons (Fsp3) is 0.250. The molecule has 92 valence electrons. The summed E-state index contributed by atoms with van der Waals surface area (Å²) in [5.41, 5.74) is 0.309. The summed E-state index contributed by atoms with van der Waals surface area (Å²) in [6.07, 6.45) is 0.477. The molecule has 1 saturated heterocycles. The number of nitrogens with one attached hydrogen (secondary N) is 1. The van der Waals surface area contributed by atoms with E-state index in [1.54, 1.807) is 17.0 Å². The minimum absolute atomic E-state index is 0.0435. The van der Waals surface area contributed by atoms with Gasteiger partial charge in [0.15, 0.2) is 0 Å². The fourth-order valence-electron chi connectivity index (χ4n) is 2.05. The maximum Gasteiger partial charge on any atom is 0.249 e. The largest absolute Gasteiger partial charge is 0.307 e. The molecule has 2 aromatic heterocycles. The highest BCUT2D eigenvalue weighted by atomic mass is 79.9. The number of hydrogen-bond acceptors (Lipinski definition) is 3. The molecule has 1 aliphatic rings. The van der Waals surface area contributed by atoms with Crippen molar-refractivity contribution in [2.24, 2.45) is 0 Å². The van der Waals surface area contributed by atoms with Crippen molar-refractivity contribution in [2.45, 2.75) is 11.2 Å². The van der Waals surface area contributed by atoms with E-state index in [4.69, 9.17) is 0 Å². The average Bonchev–Trinajstić information content (AvgIpc) is 2.67. The molecule has 0 aliphatic carbocycles. The van der Waals surface area contributed by atoms with Gasteiger partial charge in [-0.05, 0) is 18.2 Å². The van der Waals surface area contributed by atoms with Crippen molar-refractivity contribution < 1.29 is 4.79 Å². The van der Waals surface area contributed by atoms with Crippen molar-refractivity contribution in [3.8, 4) is 0 Å². The van der Waals surface area contributed by atoms with Crippen LogP contribution in [0.5, 0.6) is 0 Å². The van der Waals surface area contributed by atoms with E-state index in [9.17, 15) is 9.59 Å². The van der Waals surface area contributed by atoms with E-state index < -0.39 is 0 Å². The highest BCUT2D eigenvalue weighted by molar-refractivity contribution is 9.09. The zero-order valence-corrected chi connectivity index (χ0v) is 11.0. The Morgan fingerprint density at radius 2 is 2.06 bits per heavy atom. The van der Waals surface area contributed by atoms with E-state index in [2.05, 4.69) is 25.9 Å². The molecule has 3 heterocycles. The van der Waals surface area contributed by atoms with Crippen LogP contribution < -0.4 is 10.5 Å². The number of pyridine rings is 2. The third-order valence-electron chi connectivity index (χ3n) is 2.92. The third-order valence-corrected chi connectivity index (χ3v) is 3.54. The van der Waals surface area contributed by atoms with Gasteiger partial charge in [0.1, 0.15) is 11.5 Å². The Labute approximate surface area is 111 Å². The Morgan fingerprint density at radius 3 is 2.78 bits per heavy atom. The molecule has 0 radical (unpaired) electrons. The Hall–Kier alpha value is -1.69. The Bertz CT molecular complexity index is 682. The summed E-state index contributed by atoms with van der Waals surface area (Å²) in [6.45, 7) is 0.606. The lowest BCUT2D eigenvalue weighted by atomic mass is 10.3. The number of nitrogens with zero attached hydrogens (tertiary/aromatic N) is 2. The second-order valence-corrected chi connectivity index (χ2v) is 5.53. The van der Waals surface area contributed by atoms with Crippen LogP contribution in [-0.2, 0) is 4.79 Å². The van der Waals surface area contributed by atoms with E-state index in [0.717, 1.165) is 5.39 Å². The van der Waals surface area contributed by atoms with Crippen LogP contribution in [0.2, 0.25) is 0 Å². The standard InChI is InChI=1S/C12H10BrN3O2/c13-8-5-11(18)16(6-8)9-3-1-7-2-4-10(17)15-12(7)14-9/h1-4,8H,5-6H2,(H,14,15,17). The first-order valence-corrected chi connectivity index (χ1v) is 6.49. The number of carbonyl (C=O) groups is 1. The van der Waals surface area contributed by atoms with E-state index in [-0.39, 0.29) is 16.3 Å². The highest BCUT2D eigenvalue weighted by Gasteiger charge is 2.29. The Kier molecular flexibility index (Phi) is 2.66. The summed E-state index contributed by atoms with van der Waals surface area (Å²) in [6, 6.07) is 6.81. The molecule has 1 amide bonds. The van der Waals surface area contributed by atoms with Crippen molar-refractivity contribution in [3.05, 3.63) is 34.6 Å². The molecule has 3 rings (SSSR count). The predicted molar refractivity (Wildman–Crippen MR) is 72.0 cm³/mol. The van der Waals surface area contributed by atoms with E-state index in [0.29, 0.717) is 24.4 Å². The number of anilines is 1. The lowest BCUT2D eigenvalue weighted by Crippen LogP contribution is -2.25. The molecular formula is C12H10BrN3O2. The Morgan fingerprint density at radius 1 is 1.28 bits per heavy atom. The van der Waals surface area contributed by atoms with Gasteiger partial charge in [0.25, 0.3) is 0 Å². The van der Waals surface area contributed by atoms with Crippen molar-refractivity contribution in [1.29, 1.82) is 0 Å².